The van der Waals surface area contributed by atoms with Gasteiger partial charge in [0.05, 0.1) is 11.4 Å². The molecule has 0 aliphatic heterocycles. The van der Waals surface area contributed by atoms with Crippen LogP contribution in [0.1, 0.15) is 0 Å². The molecule has 1 aromatic heterocycles. The Kier molecular flexibility index (Phi) is 4.38. The van der Waals surface area contributed by atoms with Crippen LogP contribution in [-0.2, 0) is 4.79 Å². The lowest BCUT2D eigenvalue weighted by Gasteiger charge is -2.08. The summed E-state index contributed by atoms with van der Waals surface area (Å²) in [6.07, 6.45) is 0. The van der Waals surface area contributed by atoms with Crippen LogP contribution in [0.4, 0.5) is 0 Å². The van der Waals surface area contributed by atoms with E-state index in [1.807, 2.05) is 35.7 Å². The van der Waals surface area contributed by atoms with E-state index in [0.717, 1.165) is 15.6 Å². The van der Waals surface area contributed by atoms with Crippen molar-refractivity contribution in [2.75, 3.05) is 19.8 Å². The van der Waals surface area contributed by atoms with Crippen molar-refractivity contribution >= 4 is 29.0 Å². The van der Waals surface area contributed by atoms with Crippen molar-refractivity contribution in [3.8, 4) is 11.3 Å². The number of carbonyl (C=O) groups is 1. The molecule has 0 saturated carbocycles. The van der Waals surface area contributed by atoms with Gasteiger partial charge in [-0.25, -0.2) is 4.98 Å². The summed E-state index contributed by atoms with van der Waals surface area (Å²) in [5, 5.41) is 2.03. The van der Waals surface area contributed by atoms with Gasteiger partial charge in [-0.05, 0) is 0 Å². The molecule has 1 heterocycles. The monoisotopic (exact) mass is 278 g/mol. The fourth-order valence-corrected chi connectivity index (χ4v) is 3.13. The van der Waals surface area contributed by atoms with Crippen molar-refractivity contribution in [2.45, 2.75) is 4.34 Å². The van der Waals surface area contributed by atoms with E-state index in [-0.39, 0.29) is 5.91 Å². The van der Waals surface area contributed by atoms with Gasteiger partial charge in [0.1, 0.15) is 0 Å². The third kappa shape index (κ3) is 3.34. The summed E-state index contributed by atoms with van der Waals surface area (Å²) in [6.45, 7) is 0. The maximum absolute atomic E-state index is 11.5. The first-order valence-corrected chi connectivity index (χ1v) is 7.37. The lowest BCUT2D eigenvalue weighted by atomic mass is 10.2. The predicted octanol–water partition coefficient (Wildman–Crippen LogP) is 2.99. The molecule has 1 aromatic carbocycles. The zero-order valence-electron chi connectivity index (χ0n) is 10.3. The Morgan fingerprint density at radius 3 is 2.72 bits per heavy atom. The normalized spacial score (nSPS) is 10.3. The molecular weight excluding hydrogens is 264 g/mol. The summed E-state index contributed by atoms with van der Waals surface area (Å²) in [5.41, 5.74) is 2.08. The van der Waals surface area contributed by atoms with Gasteiger partial charge < -0.3 is 4.90 Å². The number of amides is 1. The van der Waals surface area contributed by atoms with E-state index in [4.69, 9.17) is 0 Å². The van der Waals surface area contributed by atoms with E-state index in [1.165, 1.54) is 11.8 Å². The largest absolute Gasteiger partial charge is 0.348 e. The summed E-state index contributed by atoms with van der Waals surface area (Å²) in [5.74, 6) is 0.547. The van der Waals surface area contributed by atoms with Gasteiger partial charge in [-0.3, -0.25) is 4.79 Å². The number of hydrogen-bond donors (Lipinski definition) is 0. The third-order valence-corrected chi connectivity index (χ3v) is 4.38. The van der Waals surface area contributed by atoms with Crippen LogP contribution in [0.3, 0.4) is 0 Å². The lowest BCUT2D eigenvalue weighted by molar-refractivity contribution is -0.125. The summed E-state index contributed by atoms with van der Waals surface area (Å²) < 4.78 is 0.934. The number of hydrogen-bond acceptors (Lipinski definition) is 4. The average molecular weight is 278 g/mol. The molecule has 0 spiro atoms. The van der Waals surface area contributed by atoms with E-state index in [1.54, 1.807) is 30.3 Å². The second-order valence-electron chi connectivity index (χ2n) is 3.94. The Labute approximate surface area is 115 Å². The Hall–Kier alpha value is -1.33. The molecule has 5 heteroatoms. The van der Waals surface area contributed by atoms with Crippen molar-refractivity contribution in [2.24, 2.45) is 0 Å². The first kappa shape index (κ1) is 13.1. The summed E-state index contributed by atoms with van der Waals surface area (Å²) >= 11 is 3.07. The molecule has 0 atom stereocenters. The molecule has 0 N–H and O–H groups in total. The summed E-state index contributed by atoms with van der Waals surface area (Å²) in [4.78, 5) is 17.6. The van der Waals surface area contributed by atoms with Gasteiger partial charge in [-0.2, -0.15) is 0 Å². The summed E-state index contributed by atoms with van der Waals surface area (Å²) in [6, 6.07) is 10.1. The van der Waals surface area contributed by atoms with Crippen LogP contribution in [0.15, 0.2) is 40.1 Å². The van der Waals surface area contributed by atoms with Crippen molar-refractivity contribution in [3.05, 3.63) is 35.7 Å². The molecule has 1 amide bonds. The predicted molar refractivity (Wildman–Crippen MR) is 77.0 cm³/mol. The minimum absolute atomic E-state index is 0.108. The lowest BCUT2D eigenvalue weighted by Crippen LogP contribution is -2.23. The molecule has 0 radical (unpaired) electrons. The van der Waals surface area contributed by atoms with Gasteiger partial charge in [0.15, 0.2) is 4.34 Å². The Balaban J connectivity index is 2.01. The van der Waals surface area contributed by atoms with Crippen LogP contribution in [-0.4, -0.2) is 35.6 Å². The van der Waals surface area contributed by atoms with Crippen LogP contribution >= 0.6 is 23.1 Å². The van der Waals surface area contributed by atoms with Crippen LogP contribution < -0.4 is 0 Å². The maximum atomic E-state index is 11.5. The molecule has 2 aromatic rings. The molecule has 18 heavy (non-hydrogen) atoms. The van der Waals surface area contributed by atoms with Crippen LogP contribution in [0.5, 0.6) is 0 Å². The molecule has 3 nitrogen and oxygen atoms in total. The highest BCUT2D eigenvalue weighted by Gasteiger charge is 2.08. The Morgan fingerprint density at radius 2 is 2.06 bits per heavy atom. The first-order valence-electron chi connectivity index (χ1n) is 5.50. The highest BCUT2D eigenvalue weighted by molar-refractivity contribution is 8.01. The number of aromatic nitrogens is 1. The zero-order chi connectivity index (χ0) is 13.0. The molecule has 94 valence electrons. The van der Waals surface area contributed by atoms with Crippen molar-refractivity contribution in [3.63, 3.8) is 0 Å². The van der Waals surface area contributed by atoms with E-state index in [9.17, 15) is 4.79 Å². The quantitative estimate of drug-likeness (QED) is 0.806. The molecule has 2 rings (SSSR count). The highest BCUT2D eigenvalue weighted by Crippen LogP contribution is 2.28. The van der Waals surface area contributed by atoms with Crippen molar-refractivity contribution in [1.82, 2.24) is 9.88 Å². The molecule has 0 unspecified atom stereocenters. The van der Waals surface area contributed by atoms with Crippen LogP contribution in [0, 0.1) is 0 Å². The second kappa shape index (κ2) is 6.02. The number of thioether (sulfide) groups is 1. The molecule has 0 aliphatic carbocycles. The van der Waals surface area contributed by atoms with Crippen LogP contribution in [0.2, 0.25) is 0 Å². The topological polar surface area (TPSA) is 33.2 Å². The van der Waals surface area contributed by atoms with Gasteiger partial charge in [0, 0.05) is 25.0 Å². The smallest absolute Gasteiger partial charge is 0.232 e. The molecule has 0 aliphatic rings. The van der Waals surface area contributed by atoms with Crippen molar-refractivity contribution < 1.29 is 4.79 Å². The SMILES string of the molecule is CN(C)C(=O)CSc1nc(-c2ccccc2)cs1. The third-order valence-electron chi connectivity index (χ3n) is 2.37. The van der Waals surface area contributed by atoms with Gasteiger partial charge in [0.2, 0.25) is 5.91 Å². The van der Waals surface area contributed by atoms with E-state index >= 15 is 0 Å². The highest BCUT2D eigenvalue weighted by atomic mass is 32.2. The van der Waals surface area contributed by atoms with Crippen LogP contribution in [0.25, 0.3) is 11.3 Å². The van der Waals surface area contributed by atoms with Gasteiger partial charge >= 0.3 is 0 Å². The first-order chi connectivity index (χ1) is 8.66. The van der Waals surface area contributed by atoms with E-state index in [0.29, 0.717) is 5.75 Å². The molecule has 0 bridgehead atoms. The second-order valence-corrected chi connectivity index (χ2v) is 6.02. The Morgan fingerprint density at radius 1 is 1.33 bits per heavy atom. The van der Waals surface area contributed by atoms with Crippen molar-refractivity contribution in [1.29, 1.82) is 0 Å². The van der Waals surface area contributed by atoms with Gasteiger partial charge in [0.25, 0.3) is 0 Å². The number of thiazole rings is 1. The molecule has 0 saturated heterocycles. The average Bonchev–Trinajstić information content (AvgIpc) is 2.85. The summed E-state index contributed by atoms with van der Waals surface area (Å²) in [7, 11) is 3.53. The molecular formula is C13H14N2OS2. The Bertz CT molecular complexity index is 523. The number of rotatable bonds is 4. The maximum Gasteiger partial charge on any atom is 0.232 e. The van der Waals surface area contributed by atoms with Gasteiger partial charge in [-0.15, -0.1) is 11.3 Å². The fourth-order valence-electron chi connectivity index (χ4n) is 1.32. The van der Waals surface area contributed by atoms with E-state index < -0.39 is 0 Å². The molecule has 0 fully saturated rings. The fraction of sp³-hybridized carbons (Fsp3) is 0.231. The van der Waals surface area contributed by atoms with Gasteiger partial charge in [-0.1, -0.05) is 42.1 Å². The number of carbonyl (C=O) groups excluding carboxylic acids is 1. The minimum Gasteiger partial charge on any atom is -0.348 e. The standard InChI is InChI=1S/C13H14N2OS2/c1-15(2)12(16)9-18-13-14-11(8-17-13)10-6-4-3-5-7-10/h3-8H,9H2,1-2H3. The zero-order valence-corrected chi connectivity index (χ0v) is 11.9. The minimum atomic E-state index is 0.108. The number of nitrogens with zero attached hydrogens (tertiary/aromatic N) is 2. The van der Waals surface area contributed by atoms with E-state index in [2.05, 4.69) is 4.98 Å². The number of benzene rings is 1.